The fourth-order valence-electron chi connectivity index (χ4n) is 2.58. The number of hydrogen-bond donors (Lipinski definition) is 1. The van der Waals surface area contributed by atoms with Crippen LogP contribution >= 0.6 is 0 Å². The molecule has 1 aromatic carbocycles. The van der Waals surface area contributed by atoms with Crippen molar-refractivity contribution in [1.29, 1.82) is 0 Å². The second-order valence-corrected chi connectivity index (χ2v) is 10.9. The number of amides is 1. The third-order valence-electron chi connectivity index (χ3n) is 4.21. The van der Waals surface area contributed by atoms with Crippen LogP contribution in [0.4, 0.5) is 14.6 Å². The van der Waals surface area contributed by atoms with Crippen LogP contribution in [0.2, 0.25) is 0 Å². The van der Waals surface area contributed by atoms with Gasteiger partial charge in [0.2, 0.25) is 9.84 Å². The zero-order valence-corrected chi connectivity index (χ0v) is 18.3. The number of aromatic nitrogens is 2. The van der Waals surface area contributed by atoms with E-state index in [0.29, 0.717) is 5.82 Å². The molecule has 0 saturated carbocycles. The van der Waals surface area contributed by atoms with Crippen LogP contribution in [-0.4, -0.2) is 29.9 Å². The summed E-state index contributed by atoms with van der Waals surface area (Å²) in [4.78, 5) is 12.7. The van der Waals surface area contributed by atoms with Gasteiger partial charge < -0.3 is 5.32 Å². The Bertz CT molecular complexity index is 983. The van der Waals surface area contributed by atoms with E-state index in [1.165, 1.54) is 24.3 Å². The number of nitrogens with one attached hydrogen (secondary N) is 1. The Morgan fingerprint density at radius 2 is 1.66 bits per heavy atom. The number of sulfone groups is 1. The summed E-state index contributed by atoms with van der Waals surface area (Å²) in [5.74, 6) is -4.07. The molecule has 29 heavy (non-hydrogen) atoms. The lowest BCUT2D eigenvalue weighted by Gasteiger charge is -2.23. The number of carbonyl (C=O) groups excluding carboxylic acids is 1. The number of nitrogens with zero attached hydrogens (tertiary/aromatic N) is 2. The van der Waals surface area contributed by atoms with Crippen LogP contribution in [0.25, 0.3) is 0 Å². The molecule has 0 fully saturated rings. The lowest BCUT2D eigenvalue weighted by molar-refractivity contribution is 0.102. The summed E-state index contributed by atoms with van der Waals surface area (Å²) >= 11 is 0. The summed E-state index contributed by atoms with van der Waals surface area (Å²) in [7, 11) is -4.51. The quantitative estimate of drug-likeness (QED) is 0.770. The molecule has 0 spiro atoms. The van der Waals surface area contributed by atoms with E-state index in [2.05, 4.69) is 10.4 Å². The maximum absolute atomic E-state index is 12.7. The molecule has 0 saturated heterocycles. The van der Waals surface area contributed by atoms with Gasteiger partial charge in [-0.3, -0.25) is 4.79 Å². The Balaban J connectivity index is 2.26. The van der Waals surface area contributed by atoms with Crippen LogP contribution in [0, 0.1) is 0 Å². The molecule has 160 valence electrons. The zero-order chi connectivity index (χ0) is 22.2. The molecule has 2 aromatic rings. The van der Waals surface area contributed by atoms with Gasteiger partial charge in [-0.25, -0.2) is 13.1 Å². The van der Waals surface area contributed by atoms with Crippen LogP contribution in [0.3, 0.4) is 0 Å². The molecule has 1 amide bonds. The molecule has 2 rings (SSSR count). The maximum atomic E-state index is 12.7. The maximum Gasteiger partial charge on any atom is 0.337 e. The van der Waals surface area contributed by atoms with Gasteiger partial charge in [-0.1, -0.05) is 32.9 Å². The second-order valence-electron chi connectivity index (χ2n) is 8.97. The van der Waals surface area contributed by atoms with E-state index < -0.39 is 27.3 Å². The van der Waals surface area contributed by atoms with Crippen molar-refractivity contribution in [2.45, 2.75) is 64.0 Å². The van der Waals surface area contributed by atoms with Crippen molar-refractivity contribution in [3.63, 3.8) is 0 Å². The monoisotopic (exact) mass is 427 g/mol. The SMILES string of the molecule is CC(C)(C)c1cc(NC(=O)c2ccc(CS(=O)(=O)C(F)F)cc2)n(C(C)(C)C)n1. The summed E-state index contributed by atoms with van der Waals surface area (Å²) in [6, 6.07) is 7.36. The number of anilines is 1. The largest absolute Gasteiger partial charge is 0.337 e. The molecule has 1 aromatic heterocycles. The number of benzene rings is 1. The van der Waals surface area contributed by atoms with E-state index in [0.717, 1.165) is 5.69 Å². The van der Waals surface area contributed by atoms with Crippen molar-refractivity contribution in [1.82, 2.24) is 9.78 Å². The van der Waals surface area contributed by atoms with Crippen molar-refractivity contribution < 1.29 is 22.0 Å². The highest BCUT2D eigenvalue weighted by atomic mass is 32.2. The number of carbonyl (C=O) groups is 1. The number of alkyl halides is 2. The first-order chi connectivity index (χ1) is 13.1. The smallest absolute Gasteiger partial charge is 0.307 e. The predicted molar refractivity (Wildman–Crippen MR) is 109 cm³/mol. The van der Waals surface area contributed by atoms with Gasteiger partial charge in [0.25, 0.3) is 5.91 Å². The second kappa shape index (κ2) is 7.85. The number of rotatable bonds is 5. The minimum atomic E-state index is -4.51. The predicted octanol–water partition coefficient (Wildman–Crippen LogP) is 4.33. The molecule has 0 aliphatic rings. The molecular formula is C20H27F2N3O3S. The summed E-state index contributed by atoms with van der Waals surface area (Å²) in [6.07, 6.45) is 0. The van der Waals surface area contributed by atoms with E-state index in [4.69, 9.17) is 0 Å². The van der Waals surface area contributed by atoms with Gasteiger partial charge in [-0.05, 0) is 38.5 Å². The van der Waals surface area contributed by atoms with Crippen molar-refractivity contribution >= 4 is 21.6 Å². The fraction of sp³-hybridized carbons (Fsp3) is 0.500. The molecule has 0 radical (unpaired) electrons. The summed E-state index contributed by atoms with van der Waals surface area (Å²) < 4.78 is 49.4. The third kappa shape index (κ3) is 5.62. The minimum absolute atomic E-state index is 0.191. The van der Waals surface area contributed by atoms with E-state index in [1.807, 2.05) is 47.6 Å². The normalized spacial score (nSPS) is 13.0. The lowest BCUT2D eigenvalue weighted by atomic mass is 9.92. The summed E-state index contributed by atoms with van der Waals surface area (Å²) in [5, 5.41) is 7.47. The van der Waals surface area contributed by atoms with Crippen molar-refractivity contribution in [2.24, 2.45) is 0 Å². The molecule has 9 heteroatoms. The van der Waals surface area contributed by atoms with E-state index in [1.54, 1.807) is 4.68 Å². The van der Waals surface area contributed by atoms with Crippen molar-refractivity contribution in [3.8, 4) is 0 Å². The van der Waals surface area contributed by atoms with Gasteiger partial charge in [0.15, 0.2) is 0 Å². The van der Waals surface area contributed by atoms with Crippen LogP contribution in [0.5, 0.6) is 0 Å². The summed E-state index contributed by atoms with van der Waals surface area (Å²) in [5.41, 5.74) is 0.738. The van der Waals surface area contributed by atoms with E-state index >= 15 is 0 Å². The van der Waals surface area contributed by atoms with Gasteiger partial charge in [-0.15, -0.1) is 0 Å². The first-order valence-electron chi connectivity index (χ1n) is 9.12. The molecule has 0 aliphatic carbocycles. The Morgan fingerprint density at radius 1 is 1.10 bits per heavy atom. The average Bonchev–Trinajstić information content (AvgIpc) is 2.99. The van der Waals surface area contributed by atoms with Gasteiger partial charge in [0.1, 0.15) is 5.82 Å². The average molecular weight is 428 g/mol. The fourth-order valence-corrected chi connectivity index (χ4v) is 3.37. The molecule has 0 bridgehead atoms. The van der Waals surface area contributed by atoms with Gasteiger partial charge in [-0.2, -0.15) is 13.9 Å². The molecule has 0 atom stereocenters. The molecule has 0 aliphatic heterocycles. The molecule has 1 N–H and O–H groups in total. The first kappa shape index (κ1) is 23.0. The minimum Gasteiger partial charge on any atom is -0.307 e. The van der Waals surface area contributed by atoms with Crippen molar-refractivity contribution in [3.05, 3.63) is 47.2 Å². The molecule has 0 unspecified atom stereocenters. The van der Waals surface area contributed by atoms with Crippen molar-refractivity contribution in [2.75, 3.05) is 5.32 Å². The van der Waals surface area contributed by atoms with Crippen LogP contribution in [-0.2, 0) is 26.5 Å². The topological polar surface area (TPSA) is 81.1 Å². The zero-order valence-electron chi connectivity index (χ0n) is 17.5. The Labute approximate surface area is 170 Å². The Morgan fingerprint density at radius 3 is 2.10 bits per heavy atom. The Kier molecular flexibility index (Phi) is 6.23. The van der Waals surface area contributed by atoms with Gasteiger partial charge in [0, 0.05) is 17.0 Å². The van der Waals surface area contributed by atoms with Crippen LogP contribution in [0.1, 0.15) is 63.2 Å². The highest BCUT2D eigenvalue weighted by Crippen LogP contribution is 2.28. The molecule has 1 heterocycles. The first-order valence-corrected chi connectivity index (χ1v) is 10.8. The van der Waals surface area contributed by atoms with Crippen LogP contribution in [0.15, 0.2) is 30.3 Å². The Hall–Kier alpha value is -2.29. The van der Waals surface area contributed by atoms with E-state index in [-0.39, 0.29) is 22.1 Å². The molecule has 6 nitrogen and oxygen atoms in total. The third-order valence-corrected chi connectivity index (χ3v) is 5.49. The summed E-state index contributed by atoms with van der Waals surface area (Å²) in [6.45, 7) is 12.0. The highest BCUT2D eigenvalue weighted by Gasteiger charge is 2.26. The van der Waals surface area contributed by atoms with Crippen LogP contribution < -0.4 is 5.32 Å². The number of hydrogen-bond acceptors (Lipinski definition) is 4. The van der Waals surface area contributed by atoms with Gasteiger partial charge in [0.05, 0.1) is 17.0 Å². The number of halogens is 2. The van der Waals surface area contributed by atoms with E-state index in [9.17, 15) is 22.0 Å². The highest BCUT2D eigenvalue weighted by molar-refractivity contribution is 7.90. The van der Waals surface area contributed by atoms with Gasteiger partial charge >= 0.3 is 5.76 Å². The standard InChI is InChI=1S/C20H27F2N3O3S/c1-19(2,3)15-11-16(25(24-15)20(4,5)6)23-17(26)14-9-7-13(8-10-14)12-29(27,28)18(21)22/h7-11,18H,12H2,1-6H3,(H,23,26). The molecular weight excluding hydrogens is 400 g/mol. The lowest BCUT2D eigenvalue weighted by Crippen LogP contribution is -2.27.